The average Bonchev–Trinajstić information content (AvgIpc) is 3.00. The van der Waals surface area contributed by atoms with Gasteiger partial charge >= 0.3 is 5.97 Å². The third-order valence-electron chi connectivity index (χ3n) is 3.47. The van der Waals surface area contributed by atoms with E-state index in [1.54, 1.807) is 0 Å². The smallest absolute Gasteiger partial charge is 0.313 e. The largest absolute Gasteiger partial charge is 0.460 e. The van der Waals surface area contributed by atoms with Crippen LogP contribution in [0.4, 0.5) is 0 Å². The van der Waals surface area contributed by atoms with Crippen LogP contribution in [0.2, 0.25) is 0 Å². The fraction of sp³-hybridized carbons (Fsp3) is 0.235. The van der Waals surface area contributed by atoms with Crippen molar-refractivity contribution in [3.63, 3.8) is 0 Å². The molecule has 108 valence electrons. The maximum absolute atomic E-state index is 12.1. The lowest BCUT2D eigenvalue weighted by molar-refractivity contribution is -0.146. The van der Waals surface area contributed by atoms with Crippen LogP contribution in [-0.2, 0) is 16.1 Å². The standard InChI is InChI=1S/C17H16O4/c1-12(14-7-8-15-16(9-14)21-11-20-15)17(18)19-10-13-5-3-2-4-6-13/h2-9,12H,10-11H2,1H3/t12-/m0/s1. The van der Waals surface area contributed by atoms with Gasteiger partial charge in [-0.25, -0.2) is 0 Å². The van der Waals surface area contributed by atoms with E-state index in [2.05, 4.69) is 0 Å². The number of rotatable bonds is 4. The minimum absolute atomic E-state index is 0.228. The summed E-state index contributed by atoms with van der Waals surface area (Å²) >= 11 is 0. The molecule has 0 spiro atoms. The number of carbonyl (C=O) groups is 1. The Labute approximate surface area is 123 Å². The molecular weight excluding hydrogens is 268 g/mol. The Morgan fingerprint density at radius 1 is 1.14 bits per heavy atom. The Balaban J connectivity index is 1.64. The maximum atomic E-state index is 12.1. The second-order valence-electron chi connectivity index (χ2n) is 4.93. The van der Waals surface area contributed by atoms with E-state index in [1.165, 1.54) is 0 Å². The van der Waals surface area contributed by atoms with E-state index in [-0.39, 0.29) is 25.3 Å². The first-order valence-corrected chi connectivity index (χ1v) is 6.84. The topological polar surface area (TPSA) is 44.8 Å². The number of hydrogen-bond acceptors (Lipinski definition) is 4. The minimum Gasteiger partial charge on any atom is -0.460 e. The van der Waals surface area contributed by atoms with E-state index in [0.717, 1.165) is 11.1 Å². The number of ether oxygens (including phenoxy) is 3. The second kappa shape index (κ2) is 5.87. The molecule has 0 N–H and O–H groups in total. The predicted molar refractivity (Wildman–Crippen MR) is 77.2 cm³/mol. The summed E-state index contributed by atoms with van der Waals surface area (Å²) in [5.41, 5.74) is 1.83. The van der Waals surface area contributed by atoms with E-state index in [1.807, 2.05) is 55.5 Å². The van der Waals surface area contributed by atoms with Crippen LogP contribution in [0.3, 0.4) is 0 Å². The molecule has 0 saturated carbocycles. The molecule has 4 nitrogen and oxygen atoms in total. The summed E-state index contributed by atoms with van der Waals surface area (Å²) in [4.78, 5) is 12.1. The van der Waals surface area contributed by atoms with Gasteiger partial charge in [0.15, 0.2) is 11.5 Å². The Bertz CT molecular complexity index is 636. The van der Waals surface area contributed by atoms with Crippen molar-refractivity contribution in [2.45, 2.75) is 19.4 Å². The molecule has 0 amide bonds. The third kappa shape index (κ3) is 2.99. The first-order valence-electron chi connectivity index (χ1n) is 6.84. The summed E-state index contributed by atoms with van der Waals surface area (Å²) in [6.45, 7) is 2.34. The summed E-state index contributed by atoms with van der Waals surface area (Å²) in [6.07, 6.45) is 0. The molecule has 0 radical (unpaired) electrons. The van der Waals surface area contributed by atoms with Crippen molar-refractivity contribution in [1.82, 2.24) is 0 Å². The van der Waals surface area contributed by atoms with E-state index >= 15 is 0 Å². The molecule has 2 aromatic rings. The highest BCUT2D eigenvalue weighted by Gasteiger charge is 2.21. The highest BCUT2D eigenvalue weighted by atomic mass is 16.7. The van der Waals surface area contributed by atoms with Gasteiger partial charge in [-0.1, -0.05) is 36.4 Å². The first-order chi connectivity index (χ1) is 10.2. The minimum atomic E-state index is -0.344. The molecule has 4 heteroatoms. The Morgan fingerprint density at radius 2 is 1.90 bits per heavy atom. The lowest BCUT2D eigenvalue weighted by Gasteiger charge is -2.12. The van der Waals surface area contributed by atoms with Gasteiger partial charge in [-0.2, -0.15) is 0 Å². The number of fused-ring (bicyclic) bond motifs is 1. The first kappa shape index (κ1) is 13.5. The molecule has 0 bridgehead atoms. The summed E-state index contributed by atoms with van der Waals surface area (Å²) in [5, 5.41) is 0. The van der Waals surface area contributed by atoms with Gasteiger partial charge in [0, 0.05) is 0 Å². The van der Waals surface area contributed by atoms with Crippen LogP contribution < -0.4 is 9.47 Å². The zero-order chi connectivity index (χ0) is 14.7. The predicted octanol–water partition coefficient (Wildman–Crippen LogP) is 3.26. The summed E-state index contributed by atoms with van der Waals surface area (Å²) < 4.78 is 15.9. The van der Waals surface area contributed by atoms with Gasteiger partial charge < -0.3 is 14.2 Å². The lowest BCUT2D eigenvalue weighted by atomic mass is 10.0. The second-order valence-corrected chi connectivity index (χ2v) is 4.93. The van der Waals surface area contributed by atoms with Gasteiger partial charge in [-0.3, -0.25) is 4.79 Å². The van der Waals surface area contributed by atoms with Crippen LogP contribution in [0.15, 0.2) is 48.5 Å². The molecule has 2 aromatic carbocycles. The molecular formula is C17H16O4. The quantitative estimate of drug-likeness (QED) is 0.808. The molecule has 0 unspecified atom stereocenters. The van der Waals surface area contributed by atoms with Gasteiger partial charge in [-0.05, 0) is 30.2 Å². The zero-order valence-electron chi connectivity index (χ0n) is 11.7. The Kier molecular flexibility index (Phi) is 3.77. The van der Waals surface area contributed by atoms with Crippen molar-refractivity contribution in [1.29, 1.82) is 0 Å². The van der Waals surface area contributed by atoms with Crippen molar-refractivity contribution >= 4 is 5.97 Å². The van der Waals surface area contributed by atoms with Gasteiger partial charge in [-0.15, -0.1) is 0 Å². The van der Waals surface area contributed by atoms with E-state index in [0.29, 0.717) is 11.5 Å². The maximum Gasteiger partial charge on any atom is 0.313 e. The summed E-state index contributed by atoms with van der Waals surface area (Å²) in [6, 6.07) is 15.1. The number of benzene rings is 2. The van der Waals surface area contributed by atoms with E-state index < -0.39 is 0 Å². The molecule has 0 fully saturated rings. The summed E-state index contributed by atoms with van der Waals surface area (Å²) in [7, 11) is 0. The molecule has 3 rings (SSSR count). The van der Waals surface area contributed by atoms with Crippen LogP contribution >= 0.6 is 0 Å². The van der Waals surface area contributed by atoms with Gasteiger partial charge in [0.05, 0.1) is 5.92 Å². The SMILES string of the molecule is C[C@H](C(=O)OCc1ccccc1)c1ccc2c(c1)OCO2. The van der Waals surface area contributed by atoms with Crippen LogP contribution in [0.5, 0.6) is 11.5 Å². The highest BCUT2D eigenvalue weighted by molar-refractivity contribution is 5.78. The van der Waals surface area contributed by atoms with E-state index in [4.69, 9.17) is 14.2 Å². The molecule has 0 aliphatic carbocycles. The molecule has 1 atom stereocenters. The fourth-order valence-electron chi connectivity index (χ4n) is 2.17. The van der Waals surface area contributed by atoms with Crippen molar-refractivity contribution in [3.05, 3.63) is 59.7 Å². The van der Waals surface area contributed by atoms with Crippen molar-refractivity contribution in [2.24, 2.45) is 0 Å². The number of hydrogen-bond donors (Lipinski definition) is 0. The Hall–Kier alpha value is -2.49. The van der Waals surface area contributed by atoms with Crippen LogP contribution in [-0.4, -0.2) is 12.8 Å². The van der Waals surface area contributed by atoms with Gasteiger partial charge in [0.1, 0.15) is 6.61 Å². The zero-order valence-corrected chi connectivity index (χ0v) is 11.7. The lowest BCUT2D eigenvalue weighted by Crippen LogP contribution is -2.13. The van der Waals surface area contributed by atoms with Crippen LogP contribution in [0, 0.1) is 0 Å². The van der Waals surface area contributed by atoms with Gasteiger partial charge in [0.2, 0.25) is 6.79 Å². The van der Waals surface area contributed by atoms with Crippen molar-refractivity contribution in [2.75, 3.05) is 6.79 Å². The molecule has 1 aliphatic heterocycles. The van der Waals surface area contributed by atoms with E-state index in [9.17, 15) is 4.79 Å². The molecule has 0 aromatic heterocycles. The summed E-state index contributed by atoms with van der Waals surface area (Å²) in [5.74, 6) is 0.791. The molecule has 1 heterocycles. The van der Waals surface area contributed by atoms with Crippen LogP contribution in [0.25, 0.3) is 0 Å². The molecule has 0 saturated heterocycles. The van der Waals surface area contributed by atoms with Crippen LogP contribution in [0.1, 0.15) is 24.0 Å². The normalized spacial score (nSPS) is 13.8. The fourth-order valence-corrected chi connectivity index (χ4v) is 2.17. The van der Waals surface area contributed by atoms with Crippen molar-refractivity contribution < 1.29 is 19.0 Å². The number of esters is 1. The highest BCUT2D eigenvalue weighted by Crippen LogP contribution is 2.34. The Morgan fingerprint density at radius 3 is 2.71 bits per heavy atom. The molecule has 21 heavy (non-hydrogen) atoms. The average molecular weight is 284 g/mol. The monoisotopic (exact) mass is 284 g/mol. The molecule has 1 aliphatic rings. The third-order valence-corrected chi connectivity index (χ3v) is 3.47. The van der Waals surface area contributed by atoms with Gasteiger partial charge in [0.25, 0.3) is 0 Å². The number of carbonyl (C=O) groups excluding carboxylic acids is 1. The van der Waals surface area contributed by atoms with Crippen molar-refractivity contribution in [3.8, 4) is 11.5 Å².